The van der Waals surface area contributed by atoms with Crippen molar-refractivity contribution in [2.45, 2.75) is 51.0 Å². The Morgan fingerprint density at radius 2 is 1.75 bits per heavy atom. The highest BCUT2D eigenvalue weighted by molar-refractivity contribution is 5.95. The van der Waals surface area contributed by atoms with Crippen molar-refractivity contribution in [3.05, 3.63) is 47.5 Å². The van der Waals surface area contributed by atoms with Crippen molar-refractivity contribution in [1.29, 1.82) is 0 Å². The zero-order valence-corrected chi connectivity index (χ0v) is 25.4. The topological polar surface area (TPSA) is 86.5 Å². The third kappa shape index (κ3) is 9.06. The molecule has 224 valence electrons. The van der Waals surface area contributed by atoms with E-state index in [1.165, 1.54) is 24.8 Å². The number of hydrogen-bond donors (Lipinski definition) is 1. The molecule has 1 fully saturated rings. The first-order valence-corrected chi connectivity index (χ1v) is 14.0. The molecule has 2 aromatic rings. The van der Waals surface area contributed by atoms with Crippen LogP contribution in [0.3, 0.4) is 0 Å². The average molecular weight is 599 g/mol. The van der Waals surface area contributed by atoms with Crippen LogP contribution in [-0.2, 0) is 6.42 Å². The molecule has 0 radical (unpaired) electrons. The molecule has 8 nitrogen and oxygen atoms in total. The average Bonchev–Trinajstić information content (AvgIpc) is 2.95. The molecule has 2 N–H and O–H groups in total. The monoisotopic (exact) mass is 597 g/mol. The van der Waals surface area contributed by atoms with Crippen LogP contribution in [0, 0.1) is 0 Å². The molecule has 0 aliphatic carbocycles. The maximum Gasteiger partial charge on any atom is 0.254 e. The van der Waals surface area contributed by atoms with Crippen LogP contribution in [0.2, 0.25) is 0 Å². The van der Waals surface area contributed by atoms with E-state index in [2.05, 4.69) is 23.1 Å². The van der Waals surface area contributed by atoms with E-state index in [0.717, 1.165) is 38.1 Å². The summed E-state index contributed by atoms with van der Waals surface area (Å²) in [7, 11) is 3.15. The lowest BCUT2D eigenvalue weighted by Gasteiger charge is -2.37. The third-order valence-electron chi connectivity index (χ3n) is 7.50. The molecule has 0 aromatic heterocycles. The maximum atomic E-state index is 13.8. The Bertz CT molecular complexity index is 1030. The minimum atomic E-state index is -0.0437. The van der Waals surface area contributed by atoms with Crippen molar-refractivity contribution in [3.8, 4) is 23.0 Å². The summed E-state index contributed by atoms with van der Waals surface area (Å²) in [6.45, 7) is 4.76. The molecule has 1 amide bonds. The molecule has 0 spiro atoms. The van der Waals surface area contributed by atoms with Crippen LogP contribution in [0.25, 0.3) is 0 Å². The normalized spacial score (nSPS) is 18.1. The SMILES string of the molecule is COc1cc(C(=O)N2CCCOc3cccc(c3)CCC3CCCCN3CC2)cc(OC)c1OCCCN.Cl.Cl. The van der Waals surface area contributed by atoms with Crippen LogP contribution in [0.15, 0.2) is 36.4 Å². The zero-order chi connectivity index (χ0) is 26.7. The fourth-order valence-electron chi connectivity index (χ4n) is 5.40. The van der Waals surface area contributed by atoms with Gasteiger partial charge >= 0.3 is 0 Å². The lowest BCUT2D eigenvalue weighted by atomic mass is 9.95. The lowest BCUT2D eigenvalue weighted by Crippen LogP contribution is -2.45. The van der Waals surface area contributed by atoms with Gasteiger partial charge in [0, 0.05) is 31.2 Å². The maximum absolute atomic E-state index is 13.8. The fraction of sp³-hybridized carbons (Fsp3) is 0.567. The summed E-state index contributed by atoms with van der Waals surface area (Å²) in [4.78, 5) is 18.4. The smallest absolute Gasteiger partial charge is 0.254 e. The number of piperidine rings is 1. The first kappa shape index (κ1) is 33.8. The molecule has 40 heavy (non-hydrogen) atoms. The van der Waals surface area contributed by atoms with E-state index in [0.29, 0.717) is 68.1 Å². The number of ether oxygens (including phenoxy) is 4. The quantitative estimate of drug-likeness (QED) is 0.450. The molecule has 2 aliphatic heterocycles. The Hall–Kier alpha value is -2.39. The molecule has 2 bridgehead atoms. The van der Waals surface area contributed by atoms with E-state index in [9.17, 15) is 4.79 Å². The van der Waals surface area contributed by atoms with Crippen molar-refractivity contribution in [2.75, 3.05) is 60.2 Å². The van der Waals surface area contributed by atoms with Gasteiger partial charge in [-0.3, -0.25) is 9.69 Å². The third-order valence-corrected chi connectivity index (χ3v) is 7.50. The highest BCUT2D eigenvalue weighted by Gasteiger charge is 2.26. The second kappa shape index (κ2) is 17.4. The van der Waals surface area contributed by atoms with E-state index in [-0.39, 0.29) is 30.7 Å². The molecule has 0 saturated carbocycles. The summed E-state index contributed by atoms with van der Waals surface area (Å²) in [6.07, 6.45) is 7.32. The first-order valence-electron chi connectivity index (χ1n) is 14.0. The predicted molar refractivity (Wildman–Crippen MR) is 163 cm³/mol. The standard InChI is InChI=1S/C30H43N3O5.2ClH/c1-35-27-21-24(22-28(36-2)29(27)38-18-6-13-31)30(34)33-15-7-19-37-26-10-5-8-23(20-26)11-12-25-9-3-4-14-32(25)16-17-33;;/h5,8,10,20-22,25H,3-4,6-7,9,11-19,31H2,1-2H3;2*1H. The number of benzene rings is 2. The van der Waals surface area contributed by atoms with Crippen molar-refractivity contribution < 1.29 is 23.7 Å². The van der Waals surface area contributed by atoms with Crippen LogP contribution < -0.4 is 24.7 Å². The molecular formula is C30H45Cl2N3O5. The number of halogens is 2. The second-order valence-electron chi connectivity index (χ2n) is 10.1. The van der Waals surface area contributed by atoms with Crippen molar-refractivity contribution in [2.24, 2.45) is 5.73 Å². The summed E-state index contributed by atoms with van der Waals surface area (Å²) in [6, 6.07) is 12.5. The molecule has 2 aliphatic rings. The second-order valence-corrected chi connectivity index (χ2v) is 10.1. The summed E-state index contributed by atoms with van der Waals surface area (Å²) >= 11 is 0. The van der Waals surface area contributed by atoms with Gasteiger partial charge in [-0.25, -0.2) is 0 Å². The summed E-state index contributed by atoms with van der Waals surface area (Å²) in [5.41, 5.74) is 7.47. The van der Waals surface area contributed by atoms with Crippen molar-refractivity contribution >= 4 is 30.7 Å². The Labute approximate surface area is 251 Å². The Morgan fingerprint density at radius 1 is 0.975 bits per heavy atom. The summed E-state index contributed by atoms with van der Waals surface area (Å²) in [5.74, 6) is 2.31. The molecule has 1 unspecified atom stereocenters. The van der Waals surface area contributed by atoms with Gasteiger partial charge in [-0.2, -0.15) is 0 Å². The number of nitrogens with zero attached hydrogens (tertiary/aromatic N) is 2. The van der Waals surface area contributed by atoms with Gasteiger partial charge in [-0.15, -0.1) is 24.8 Å². The van der Waals surface area contributed by atoms with E-state index in [1.54, 1.807) is 26.4 Å². The molecule has 1 atom stereocenters. The number of nitrogens with two attached hydrogens (primary N) is 1. The Morgan fingerprint density at radius 3 is 2.48 bits per heavy atom. The number of carbonyl (C=O) groups excluding carboxylic acids is 1. The number of aryl methyl sites for hydroxylation is 1. The van der Waals surface area contributed by atoms with Gasteiger partial charge in [0.2, 0.25) is 5.75 Å². The number of rotatable bonds is 7. The van der Waals surface area contributed by atoms with Crippen molar-refractivity contribution in [3.63, 3.8) is 0 Å². The summed E-state index contributed by atoms with van der Waals surface area (Å²) in [5, 5.41) is 0. The number of methoxy groups -OCH3 is 2. The largest absolute Gasteiger partial charge is 0.494 e. The number of carbonyl (C=O) groups is 1. The molecule has 2 heterocycles. The van der Waals surface area contributed by atoms with E-state index >= 15 is 0 Å². The Balaban J connectivity index is 0.00000280. The molecule has 4 rings (SSSR count). The van der Waals surface area contributed by atoms with Crippen LogP contribution in [0.1, 0.15) is 54.4 Å². The molecule has 2 aromatic carbocycles. The lowest BCUT2D eigenvalue weighted by molar-refractivity contribution is 0.0682. The van der Waals surface area contributed by atoms with Crippen LogP contribution in [0.5, 0.6) is 23.0 Å². The highest BCUT2D eigenvalue weighted by atomic mass is 35.5. The van der Waals surface area contributed by atoms with Gasteiger partial charge in [0.25, 0.3) is 5.91 Å². The van der Waals surface area contributed by atoms with Crippen molar-refractivity contribution in [1.82, 2.24) is 9.80 Å². The van der Waals surface area contributed by atoms with Crippen LogP contribution in [0.4, 0.5) is 0 Å². The Kier molecular flexibility index (Phi) is 14.7. The minimum absolute atomic E-state index is 0. The fourth-order valence-corrected chi connectivity index (χ4v) is 5.40. The first-order chi connectivity index (χ1) is 18.6. The predicted octanol–water partition coefficient (Wildman–Crippen LogP) is 4.99. The van der Waals surface area contributed by atoms with Gasteiger partial charge in [0.1, 0.15) is 5.75 Å². The number of amides is 1. The van der Waals surface area contributed by atoms with Gasteiger partial charge in [0.05, 0.1) is 27.4 Å². The highest BCUT2D eigenvalue weighted by Crippen LogP contribution is 2.39. The zero-order valence-electron chi connectivity index (χ0n) is 23.8. The van der Waals surface area contributed by atoms with Gasteiger partial charge in [-0.1, -0.05) is 18.6 Å². The van der Waals surface area contributed by atoms with Gasteiger partial charge in [-0.05, 0) is 81.4 Å². The summed E-state index contributed by atoms with van der Waals surface area (Å²) < 4.78 is 23.1. The van der Waals surface area contributed by atoms with E-state index in [4.69, 9.17) is 24.7 Å². The van der Waals surface area contributed by atoms with Gasteiger partial charge in [0.15, 0.2) is 11.5 Å². The molecular weight excluding hydrogens is 553 g/mol. The molecule has 1 saturated heterocycles. The van der Waals surface area contributed by atoms with E-state index in [1.807, 2.05) is 11.0 Å². The van der Waals surface area contributed by atoms with E-state index < -0.39 is 0 Å². The number of fused-ring (bicyclic) bond motifs is 3. The molecule has 10 heteroatoms. The van der Waals surface area contributed by atoms with Gasteiger partial charge < -0.3 is 29.6 Å². The van der Waals surface area contributed by atoms with Crippen LogP contribution >= 0.6 is 24.8 Å². The van der Waals surface area contributed by atoms with Crippen LogP contribution in [-0.4, -0.2) is 81.9 Å². The minimum Gasteiger partial charge on any atom is -0.494 e. The number of hydrogen-bond acceptors (Lipinski definition) is 7.